The summed E-state index contributed by atoms with van der Waals surface area (Å²) in [6, 6.07) is 0.686. The molecule has 0 bridgehead atoms. The van der Waals surface area contributed by atoms with Crippen LogP contribution in [0.25, 0.3) is 0 Å². The van der Waals surface area contributed by atoms with Crippen molar-refractivity contribution in [3.05, 3.63) is 0 Å². The van der Waals surface area contributed by atoms with E-state index in [1.807, 2.05) is 0 Å². The van der Waals surface area contributed by atoms with E-state index in [1.165, 1.54) is 45.1 Å². The monoisotopic (exact) mass is 227 g/mol. The molecule has 0 aliphatic heterocycles. The molecule has 0 amide bonds. The van der Waals surface area contributed by atoms with E-state index in [4.69, 9.17) is 0 Å². The van der Waals surface area contributed by atoms with Crippen molar-refractivity contribution in [1.29, 1.82) is 0 Å². The molecule has 0 heterocycles. The molecule has 0 aromatic heterocycles. The van der Waals surface area contributed by atoms with Crippen molar-refractivity contribution >= 4 is 0 Å². The Balaban J connectivity index is 3.81. The van der Waals surface area contributed by atoms with E-state index in [-0.39, 0.29) is 0 Å². The van der Waals surface area contributed by atoms with Crippen LogP contribution in [0.1, 0.15) is 73.1 Å². The lowest BCUT2D eigenvalue weighted by Crippen LogP contribution is -2.36. The van der Waals surface area contributed by atoms with Crippen LogP contribution >= 0.6 is 0 Å². The van der Waals surface area contributed by atoms with Crippen LogP contribution in [0, 0.1) is 11.8 Å². The maximum Gasteiger partial charge on any atom is 0.00669 e. The fraction of sp³-hybridized carbons (Fsp3) is 1.00. The SMILES string of the molecule is CCCCC(CC)CNC(C)C(CC)CC. The molecule has 2 unspecified atom stereocenters. The van der Waals surface area contributed by atoms with Gasteiger partial charge in [0.15, 0.2) is 0 Å². The van der Waals surface area contributed by atoms with Crippen molar-refractivity contribution in [2.75, 3.05) is 6.54 Å². The molecule has 0 aromatic rings. The Bertz CT molecular complexity index is 140. The summed E-state index contributed by atoms with van der Waals surface area (Å²) < 4.78 is 0. The van der Waals surface area contributed by atoms with Gasteiger partial charge in [0.2, 0.25) is 0 Å². The number of hydrogen-bond donors (Lipinski definition) is 1. The summed E-state index contributed by atoms with van der Waals surface area (Å²) in [4.78, 5) is 0. The average molecular weight is 227 g/mol. The lowest BCUT2D eigenvalue weighted by atomic mass is 9.94. The van der Waals surface area contributed by atoms with Gasteiger partial charge in [0.1, 0.15) is 0 Å². The molecule has 0 fully saturated rings. The van der Waals surface area contributed by atoms with Crippen molar-refractivity contribution in [3.63, 3.8) is 0 Å². The molecule has 16 heavy (non-hydrogen) atoms. The molecule has 0 aromatic carbocycles. The topological polar surface area (TPSA) is 12.0 Å². The zero-order valence-electron chi connectivity index (χ0n) is 12.2. The highest BCUT2D eigenvalue weighted by Gasteiger charge is 2.14. The van der Waals surface area contributed by atoms with Gasteiger partial charge in [0.05, 0.1) is 0 Å². The van der Waals surface area contributed by atoms with Gasteiger partial charge in [-0.15, -0.1) is 0 Å². The summed E-state index contributed by atoms with van der Waals surface area (Å²) in [5, 5.41) is 3.74. The molecule has 1 nitrogen and oxygen atoms in total. The first-order valence-electron chi connectivity index (χ1n) is 7.42. The van der Waals surface area contributed by atoms with Crippen molar-refractivity contribution < 1.29 is 0 Å². The van der Waals surface area contributed by atoms with Gasteiger partial charge in [0, 0.05) is 6.04 Å². The summed E-state index contributed by atoms with van der Waals surface area (Å²) in [5.41, 5.74) is 0. The van der Waals surface area contributed by atoms with Gasteiger partial charge in [-0.2, -0.15) is 0 Å². The second-order valence-corrected chi connectivity index (χ2v) is 5.19. The summed E-state index contributed by atoms with van der Waals surface area (Å²) in [7, 11) is 0. The zero-order chi connectivity index (χ0) is 12.4. The molecular formula is C15H33N. The molecular weight excluding hydrogens is 194 g/mol. The fourth-order valence-electron chi connectivity index (χ4n) is 2.46. The van der Waals surface area contributed by atoms with Crippen LogP contribution < -0.4 is 5.32 Å². The second-order valence-electron chi connectivity index (χ2n) is 5.19. The quantitative estimate of drug-likeness (QED) is 0.574. The standard InChI is InChI=1S/C15H33N/c1-6-10-11-14(7-2)12-16-13(5)15(8-3)9-4/h13-16H,6-12H2,1-5H3. The number of unbranched alkanes of at least 4 members (excludes halogenated alkanes) is 1. The number of rotatable bonds is 10. The van der Waals surface area contributed by atoms with E-state index < -0.39 is 0 Å². The van der Waals surface area contributed by atoms with Crippen molar-refractivity contribution in [1.82, 2.24) is 5.32 Å². The van der Waals surface area contributed by atoms with Gasteiger partial charge in [-0.25, -0.2) is 0 Å². The predicted octanol–water partition coefficient (Wildman–Crippen LogP) is 4.62. The van der Waals surface area contributed by atoms with Crippen LogP contribution in [-0.2, 0) is 0 Å². The summed E-state index contributed by atoms with van der Waals surface area (Å²) in [6.07, 6.45) is 8.04. The minimum absolute atomic E-state index is 0.686. The van der Waals surface area contributed by atoms with Crippen LogP contribution in [0.15, 0.2) is 0 Å². The molecule has 0 aliphatic carbocycles. The van der Waals surface area contributed by atoms with E-state index in [0.29, 0.717) is 6.04 Å². The highest BCUT2D eigenvalue weighted by Crippen LogP contribution is 2.15. The first-order valence-corrected chi connectivity index (χ1v) is 7.42. The Hall–Kier alpha value is -0.0400. The molecule has 0 spiro atoms. The van der Waals surface area contributed by atoms with E-state index >= 15 is 0 Å². The number of nitrogens with one attached hydrogen (secondary N) is 1. The van der Waals surface area contributed by atoms with Gasteiger partial charge in [-0.3, -0.25) is 0 Å². The Morgan fingerprint density at radius 1 is 0.938 bits per heavy atom. The third kappa shape index (κ3) is 6.52. The Morgan fingerprint density at radius 3 is 2.00 bits per heavy atom. The molecule has 1 heteroatoms. The van der Waals surface area contributed by atoms with E-state index in [0.717, 1.165) is 11.8 Å². The van der Waals surface area contributed by atoms with E-state index in [2.05, 4.69) is 39.9 Å². The molecule has 0 saturated heterocycles. The minimum Gasteiger partial charge on any atom is -0.314 e. The van der Waals surface area contributed by atoms with Gasteiger partial charge < -0.3 is 5.32 Å². The Kier molecular flexibility index (Phi) is 10.1. The Labute approximate surface area is 103 Å². The van der Waals surface area contributed by atoms with Crippen LogP contribution in [0.2, 0.25) is 0 Å². The van der Waals surface area contributed by atoms with E-state index in [1.54, 1.807) is 0 Å². The molecule has 0 saturated carbocycles. The molecule has 0 aliphatic rings. The van der Waals surface area contributed by atoms with Crippen molar-refractivity contribution in [2.24, 2.45) is 11.8 Å². The third-order valence-corrected chi connectivity index (χ3v) is 4.03. The predicted molar refractivity (Wildman–Crippen MR) is 74.8 cm³/mol. The molecule has 98 valence electrons. The molecule has 0 radical (unpaired) electrons. The van der Waals surface area contributed by atoms with Gasteiger partial charge >= 0.3 is 0 Å². The summed E-state index contributed by atoms with van der Waals surface area (Å²) >= 11 is 0. The van der Waals surface area contributed by atoms with Crippen molar-refractivity contribution in [3.8, 4) is 0 Å². The lowest BCUT2D eigenvalue weighted by Gasteiger charge is -2.25. The second kappa shape index (κ2) is 10.1. The van der Waals surface area contributed by atoms with Crippen LogP contribution in [0.5, 0.6) is 0 Å². The highest BCUT2D eigenvalue weighted by atomic mass is 14.9. The molecule has 1 N–H and O–H groups in total. The average Bonchev–Trinajstić information content (AvgIpc) is 2.31. The van der Waals surface area contributed by atoms with Gasteiger partial charge in [-0.05, 0) is 31.7 Å². The fourth-order valence-corrected chi connectivity index (χ4v) is 2.46. The third-order valence-electron chi connectivity index (χ3n) is 4.03. The lowest BCUT2D eigenvalue weighted by molar-refractivity contribution is 0.319. The molecule has 0 rings (SSSR count). The normalized spacial score (nSPS) is 15.4. The summed E-state index contributed by atoms with van der Waals surface area (Å²) in [6.45, 7) is 12.8. The number of hydrogen-bond acceptors (Lipinski definition) is 1. The van der Waals surface area contributed by atoms with Crippen molar-refractivity contribution in [2.45, 2.75) is 79.2 Å². The van der Waals surface area contributed by atoms with Gasteiger partial charge in [-0.1, -0.05) is 59.8 Å². The highest BCUT2D eigenvalue weighted by molar-refractivity contribution is 4.72. The Morgan fingerprint density at radius 2 is 1.56 bits per heavy atom. The largest absolute Gasteiger partial charge is 0.314 e. The molecule has 2 atom stereocenters. The first-order chi connectivity index (χ1) is 7.69. The minimum atomic E-state index is 0.686. The maximum atomic E-state index is 3.74. The van der Waals surface area contributed by atoms with Crippen LogP contribution in [-0.4, -0.2) is 12.6 Å². The van der Waals surface area contributed by atoms with Crippen LogP contribution in [0.4, 0.5) is 0 Å². The maximum absolute atomic E-state index is 3.74. The first kappa shape index (κ1) is 16.0. The summed E-state index contributed by atoms with van der Waals surface area (Å²) in [5.74, 6) is 1.74. The van der Waals surface area contributed by atoms with E-state index in [9.17, 15) is 0 Å². The van der Waals surface area contributed by atoms with Crippen LogP contribution in [0.3, 0.4) is 0 Å². The zero-order valence-corrected chi connectivity index (χ0v) is 12.2. The van der Waals surface area contributed by atoms with Gasteiger partial charge in [0.25, 0.3) is 0 Å². The smallest absolute Gasteiger partial charge is 0.00669 e.